The molecule has 0 saturated carbocycles. The van der Waals surface area contributed by atoms with E-state index in [-0.39, 0.29) is 6.10 Å². The molecular weight excluding hydrogens is 298 g/mol. The van der Waals surface area contributed by atoms with E-state index < -0.39 is 23.8 Å². The van der Waals surface area contributed by atoms with Gasteiger partial charge in [-0.3, -0.25) is 0 Å². The van der Waals surface area contributed by atoms with Gasteiger partial charge in [0.25, 0.3) is 0 Å². The summed E-state index contributed by atoms with van der Waals surface area (Å²) in [6.45, 7) is 6.36. The van der Waals surface area contributed by atoms with Gasteiger partial charge in [0.1, 0.15) is 12.2 Å². The Morgan fingerprint density at radius 1 is 1.26 bits per heavy atom. The summed E-state index contributed by atoms with van der Waals surface area (Å²) in [5.41, 5.74) is 0.402. The fourth-order valence-corrected chi connectivity index (χ4v) is 4.00. The highest BCUT2D eigenvalue weighted by atomic mass is 16.8. The third-order valence-electron chi connectivity index (χ3n) is 5.07. The highest BCUT2D eigenvalue weighted by molar-refractivity contribution is 5.30. The maximum atomic E-state index is 11.4. The zero-order valence-electron chi connectivity index (χ0n) is 14.0. The molecule has 0 amide bonds. The van der Waals surface area contributed by atoms with Gasteiger partial charge in [-0.2, -0.15) is 0 Å². The number of aromatic nitrogens is 3. The van der Waals surface area contributed by atoms with Gasteiger partial charge >= 0.3 is 0 Å². The minimum atomic E-state index is -1.22. The van der Waals surface area contributed by atoms with E-state index in [4.69, 9.17) is 14.2 Å². The summed E-state index contributed by atoms with van der Waals surface area (Å²) < 4.78 is 19.4. The van der Waals surface area contributed by atoms with Crippen molar-refractivity contribution in [3.05, 3.63) is 11.4 Å². The molecule has 2 fully saturated rings. The second-order valence-electron chi connectivity index (χ2n) is 7.25. The number of fused-ring (bicyclic) bond motifs is 5. The Labute approximate surface area is 135 Å². The van der Waals surface area contributed by atoms with Crippen molar-refractivity contribution >= 4 is 0 Å². The molecule has 0 bridgehead atoms. The van der Waals surface area contributed by atoms with Crippen LogP contribution in [0.5, 0.6) is 0 Å². The van der Waals surface area contributed by atoms with Gasteiger partial charge in [-0.25, -0.2) is 4.68 Å². The average Bonchev–Trinajstić information content (AvgIpc) is 3.15. The minimum Gasteiger partial charge on any atom is -0.378 e. The minimum absolute atomic E-state index is 0.381. The van der Waals surface area contributed by atoms with Crippen molar-refractivity contribution < 1.29 is 19.3 Å². The van der Waals surface area contributed by atoms with Gasteiger partial charge in [-0.1, -0.05) is 31.4 Å². The molecule has 2 saturated heterocycles. The molecule has 4 heterocycles. The van der Waals surface area contributed by atoms with Gasteiger partial charge in [0.2, 0.25) is 0 Å². The van der Waals surface area contributed by atoms with Crippen molar-refractivity contribution in [2.24, 2.45) is 0 Å². The molecule has 1 N–H and O–H groups in total. The molecule has 4 rings (SSSR count). The van der Waals surface area contributed by atoms with E-state index in [9.17, 15) is 5.11 Å². The smallest absolute Gasteiger partial charge is 0.191 e. The van der Waals surface area contributed by atoms with Crippen molar-refractivity contribution in [3.8, 4) is 0 Å². The zero-order chi connectivity index (χ0) is 16.2. The van der Waals surface area contributed by atoms with E-state index in [1.165, 1.54) is 19.3 Å². The van der Waals surface area contributed by atoms with E-state index in [1.807, 2.05) is 13.8 Å². The van der Waals surface area contributed by atoms with Crippen LogP contribution in [0, 0.1) is 0 Å². The van der Waals surface area contributed by atoms with Gasteiger partial charge < -0.3 is 19.3 Å². The standard InChI is InChI=1S/C16H25N3O4/c1-4-5-6-7-8-10-12-16(20)11(9-19(12)18-17-10)21-14-13(16)22-15(2,3)23-14/h11,13-14,20H,4-9H2,1-3H3/t11-,13+,14-,16+/m1/s1. The molecule has 4 atom stereocenters. The van der Waals surface area contributed by atoms with E-state index in [0.29, 0.717) is 6.54 Å². The van der Waals surface area contributed by atoms with Gasteiger partial charge in [0, 0.05) is 0 Å². The second kappa shape index (κ2) is 5.24. The van der Waals surface area contributed by atoms with E-state index >= 15 is 0 Å². The van der Waals surface area contributed by atoms with Crippen molar-refractivity contribution in [3.63, 3.8) is 0 Å². The normalized spacial score (nSPS) is 37.0. The molecule has 0 aliphatic carbocycles. The first-order chi connectivity index (χ1) is 11.0. The van der Waals surface area contributed by atoms with Crippen LogP contribution in [0.15, 0.2) is 0 Å². The maximum absolute atomic E-state index is 11.4. The first-order valence-electron chi connectivity index (χ1n) is 8.62. The lowest BCUT2D eigenvalue weighted by Crippen LogP contribution is -2.44. The molecule has 128 valence electrons. The monoisotopic (exact) mass is 323 g/mol. The van der Waals surface area contributed by atoms with Crippen LogP contribution in [0.4, 0.5) is 0 Å². The highest BCUT2D eigenvalue weighted by Crippen LogP contribution is 2.51. The lowest BCUT2D eigenvalue weighted by molar-refractivity contribution is -0.228. The van der Waals surface area contributed by atoms with Crippen molar-refractivity contribution in [1.82, 2.24) is 15.0 Å². The molecule has 0 unspecified atom stereocenters. The molecule has 0 aromatic carbocycles. The Morgan fingerprint density at radius 3 is 2.87 bits per heavy atom. The summed E-state index contributed by atoms with van der Waals surface area (Å²) in [5.74, 6) is -0.752. The Morgan fingerprint density at radius 2 is 2.09 bits per heavy atom. The quantitative estimate of drug-likeness (QED) is 0.827. The fraction of sp³-hybridized carbons (Fsp3) is 0.875. The van der Waals surface area contributed by atoms with Crippen molar-refractivity contribution in [2.75, 3.05) is 0 Å². The number of nitrogens with zero attached hydrogens (tertiary/aromatic N) is 3. The summed E-state index contributed by atoms with van der Waals surface area (Å²) in [5, 5.41) is 19.9. The molecule has 3 aliphatic heterocycles. The number of hydrogen-bond acceptors (Lipinski definition) is 6. The predicted octanol–water partition coefficient (Wildman–Crippen LogP) is 1.48. The SMILES string of the molecule is CCCCCCc1nnn2c1[C@@]1(O)[C@@H](C2)O[C@@H]2OC(C)(C)O[C@@H]21. The van der Waals surface area contributed by atoms with Crippen LogP contribution in [-0.2, 0) is 32.8 Å². The maximum Gasteiger partial charge on any atom is 0.191 e. The number of rotatable bonds is 5. The van der Waals surface area contributed by atoms with Gasteiger partial charge in [-0.15, -0.1) is 5.10 Å². The largest absolute Gasteiger partial charge is 0.378 e. The van der Waals surface area contributed by atoms with Crippen molar-refractivity contribution in [1.29, 1.82) is 0 Å². The van der Waals surface area contributed by atoms with Crippen LogP contribution in [0.1, 0.15) is 57.8 Å². The summed E-state index contributed by atoms with van der Waals surface area (Å²) in [6.07, 6.45) is 4.02. The third-order valence-corrected chi connectivity index (χ3v) is 5.07. The molecule has 7 nitrogen and oxygen atoms in total. The Kier molecular flexibility index (Phi) is 3.53. The van der Waals surface area contributed by atoms with Gasteiger partial charge in [-0.05, 0) is 26.7 Å². The van der Waals surface area contributed by atoms with Crippen LogP contribution in [0.2, 0.25) is 0 Å². The number of aryl methyl sites for hydroxylation is 1. The first kappa shape index (κ1) is 15.5. The molecule has 0 radical (unpaired) electrons. The summed E-state index contributed by atoms with van der Waals surface area (Å²) in [6, 6.07) is 0. The number of unbranched alkanes of at least 4 members (excludes halogenated alkanes) is 3. The second-order valence-corrected chi connectivity index (χ2v) is 7.25. The highest BCUT2D eigenvalue weighted by Gasteiger charge is 2.68. The molecule has 7 heteroatoms. The van der Waals surface area contributed by atoms with E-state index in [1.54, 1.807) is 4.68 Å². The van der Waals surface area contributed by atoms with Crippen LogP contribution < -0.4 is 0 Å². The van der Waals surface area contributed by atoms with Gasteiger partial charge in [0.05, 0.1) is 17.9 Å². The Balaban J connectivity index is 1.60. The van der Waals surface area contributed by atoms with E-state index in [0.717, 1.165) is 24.2 Å². The third kappa shape index (κ3) is 2.25. The Bertz CT molecular complexity index is 602. The van der Waals surface area contributed by atoms with E-state index in [2.05, 4.69) is 17.2 Å². The fourth-order valence-electron chi connectivity index (χ4n) is 4.00. The molecule has 1 aromatic rings. The van der Waals surface area contributed by atoms with Gasteiger partial charge in [0.15, 0.2) is 17.7 Å². The molecule has 0 spiro atoms. The zero-order valence-corrected chi connectivity index (χ0v) is 14.0. The van der Waals surface area contributed by atoms with Crippen LogP contribution in [0.25, 0.3) is 0 Å². The number of ether oxygens (including phenoxy) is 3. The summed E-state index contributed by atoms with van der Waals surface area (Å²) >= 11 is 0. The van der Waals surface area contributed by atoms with Crippen molar-refractivity contribution in [2.45, 2.75) is 89.3 Å². The Hall–Kier alpha value is -1.02. The molecule has 1 aromatic heterocycles. The number of aliphatic hydroxyl groups is 1. The number of hydrogen-bond donors (Lipinski definition) is 1. The first-order valence-corrected chi connectivity index (χ1v) is 8.62. The van der Waals surface area contributed by atoms with Crippen LogP contribution >= 0.6 is 0 Å². The average molecular weight is 323 g/mol. The molecule has 23 heavy (non-hydrogen) atoms. The molecular formula is C16H25N3O4. The van der Waals surface area contributed by atoms with Crippen LogP contribution in [0.3, 0.4) is 0 Å². The topological polar surface area (TPSA) is 78.6 Å². The predicted molar refractivity (Wildman–Crippen MR) is 80.5 cm³/mol. The van der Waals surface area contributed by atoms with Crippen LogP contribution in [-0.4, -0.2) is 44.4 Å². The summed E-state index contributed by atoms with van der Waals surface area (Å²) in [4.78, 5) is 0. The molecule has 3 aliphatic rings. The lowest BCUT2D eigenvalue weighted by atomic mass is 9.89. The summed E-state index contributed by atoms with van der Waals surface area (Å²) in [7, 11) is 0. The lowest BCUT2D eigenvalue weighted by Gasteiger charge is -2.28.